The van der Waals surface area contributed by atoms with E-state index in [0.29, 0.717) is 22.8 Å². The summed E-state index contributed by atoms with van der Waals surface area (Å²) < 4.78 is 5.28. The van der Waals surface area contributed by atoms with Crippen molar-refractivity contribution in [3.05, 3.63) is 65.2 Å². The SMILES string of the molecule is O=C(NCC1CN(c2cccc(Cl)c2)C(=O)O1)c1ccccc1. The van der Waals surface area contributed by atoms with Crippen molar-refractivity contribution in [2.24, 2.45) is 0 Å². The highest BCUT2D eigenvalue weighted by molar-refractivity contribution is 6.30. The Morgan fingerprint density at radius 3 is 2.74 bits per heavy atom. The number of carbonyl (C=O) groups excluding carboxylic acids is 2. The summed E-state index contributed by atoms with van der Waals surface area (Å²) in [6.45, 7) is 0.630. The average Bonchev–Trinajstić information content (AvgIpc) is 2.94. The molecule has 1 unspecified atom stereocenters. The molecule has 1 aliphatic rings. The number of benzene rings is 2. The molecule has 1 saturated heterocycles. The number of ether oxygens (including phenoxy) is 1. The van der Waals surface area contributed by atoms with Gasteiger partial charge in [0.25, 0.3) is 5.91 Å². The zero-order chi connectivity index (χ0) is 16.2. The highest BCUT2D eigenvalue weighted by atomic mass is 35.5. The van der Waals surface area contributed by atoms with Gasteiger partial charge in [-0.15, -0.1) is 0 Å². The Labute approximate surface area is 138 Å². The maximum absolute atomic E-state index is 12.0. The highest BCUT2D eigenvalue weighted by Crippen LogP contribution is 2.24. The molecule has 23 heavy (non-hydrogen) atoms. The molecule has 0 aliphatic carbocycles. The molecule has 1 N–H and O–H groups in total. The van der Waals surface area contributed by atoms with Gasteiger partial charge in [0.1, 0.15) is 6.10 Å². The van der Waals surface area contributed by atoms with E-state index in [-0.39, 0.29) is 12.5 Å². The maximum atomic E-state index is 12.0. The van der Waals surface area contributed by atoms with E-state index in [4.69, 9.17) is 16.3 Å². The number of carbonyl (C=O) groups is 2. The second-order valence-corrected chi connectivity index (χ2v) is 5.61. The maximum Gasteiger partial charge on any atom is 0.414 e. The Hall–Kier alpha value is -2.53. The highest BCUT2D eigenvalue weighted by Gasteiger charge is 2.32. The Kier molecular flexibility index (Phi) is 4.48. The number of rotatable bonds is 4. The van der Waals surface area contributed by atoms with Gasteiger partial charge in [0.2, 0.25) is 0 Å². The summed E-state index contributed by atoms with van der Waals surface area (Å²) >= 11 is 5.94. The van der Waals surface area contributed by atoms with Crippen molar-refractivity contribution in [2.45, 2.75) is 6.10 Å². The standard InChI is InChI=1S/C17H15ClN2O3/c18-13-7-4-8-14(9-13)20-11-15(23-17(20)22)10-19-16(21)12-5-2-1-3-6-12/h1-9,15H,10-11H2,(H,19,21). The van der Waals surface area contributed by atoms with Gasteiger partial charge in [-0.25, -0.2) is 4.79 Å². The predicted octanol–water partition coefficient (Wildman–Crippen LogP) is 3.10. The molecule has 0 bridgehead atoms. The van der Waals surface area contributed by atoms with Gasteiger partial charge in [-0.1, -0.05) is 35.9 Å². The Bertz CT molecular complexity index is 721. The molecule has 1 aliphatic heterocycles. The second-order valence-electron chi connectivity index (χ2n) is 5.17. The first-order valence-electron chi connectivity index (χ1n) is 7.20. The van der Waals surface area contributed by atoms with Crippen molar-refractivity contribution < 1.29 is 14.3 Å². The van der Waals surface area contributed by atoms with E-state index in [2.05, 4.69) is 5.32 Å². The van der Waals surface area contributed by atoms with E-state index in [0.717, 1.165) is 0 Å². The minimum Gasteiger partial charge on any atom is -0.442 e. The number of halogens is 1. The van der Waals surface area contributed by atoms with Crippen LogP contribution in [0.2, 0.25) is 5.02 Å². The van der Waals surface area contributed by atoms with Crippen LogP contribution in [-0.2, 0) is 4.74 Å². The lowest BCUT2D eigenvalue weighted by Gasteiger charge is -2.13. The molecule has 0 saturated carbocycles. The first-order valence-corrected chi connectivity index (χ1v) is 7.58. The molecule has 118 valence electrons. The third-order valence-electron chi connectivity index (χ3n) is 3.52. The molecular formula is C17H15ClN2O3. The van der Waals surface area contributed by atoms with Crippen LogP contribution in [0.5, 0.6) is 0 Å². The number of nitrogens with one attached hydrogen (secondary N) is 1. The second kappa shape index (κ2) is 6.71. The van der Waals surface area contributed by atoms with Gasteiger partial charge < -0.3 is 10.1 Å². The number of anilines is 1. The van der Waals surface area contributed by atoms with Crippen molar-refractivity contribution in [3.63, 3.8) is 0 Å². The van der Waals surface area contributed by atoms with Crippen molar-refractivity contribution in [3.8, 4) is 0 Å². The van der Waals surface area contributed by atoms with E-state index < -0.39 is 12.2 Å². The van der Waals surface area contributed by atoms with Crippen LogP contribution in [0.3, 0.4) is 0 Å². The molecule has 0 aromatic heterocycles. The van der Waals surface area contributed by atoms with Gasteiger partial charge in [-0.05, 0) is 30.3 Å². The fourth-order valence-electron chi connectivity index (χ4n) is 2.38. The van der Waals surface area contributed by atoms with E-state index in [1.54, 1.807) is 48.5 Å². The van der Waals surface area contributed by atoms with Gasteiger partial charge in [-0.3, -0.25) is 9.69 Å². The van der Waals surface area contributed by atoms with Crippen LogP contribution < -0.4 is 10.2 Å². The molecule has 2 amide bonds. The number of hydrogen-bond donors (Lipinski definition) is 1. The fraction of sp³-hybridized carbons (Fsp3) is 0.176. The normalized spacial score (nSPS) is 17.0. The minimum absolute atomic E-state index is 0.192. The van der Waals surface area contributed by atoms with Crippen LogP contribution >= 0.6 is 11.6 Å². The molecule has 2 aromatic rings. The molecule has 3 rings (SSSR count). The van der Waals surface area contributed by atoms with Crippen molar-refractivity contribution >= 4 is 29.3 Å². The summed E-state index contributed by atoms with van der Waals surface area (Å²) in [7, 11) is 0. The van der Waals surface area contributed by atoms with Crippen LogP contribution in [0, 0.1) is 0 Å². The molecule has 2 aromatic carbocycles. The molecule has 1 heterocycles. The molecule has 5 nitrogen and oxygen atoms in total. The van der Waals surface area contributed by atoms with Crippen molar-refractivity contribution in [1.29, 1.82) is 0 Å². The Balaban J connectivity index is 1.59. The van der Waals surface area contributed by atoms with E-state index in [1.165, 1.54) is 4.90 Å². The van der Waals surface area contributed by atoms with Crippen LogP contribution in [0.25, 0.3) is 0 Å². The monoisotopic (exact) mass is 330 g/mol. The van der Waals surface area contributed by atoms with E-state index >= 15 is 0 Å². The summed E-state index contributed by atoms with van der Waals surface area (Å²) in [5.41, 5.74) is 1.25. The quantitative estimate of drug-likeness (QED) is 0.937. The smallest absolute Gasteiger partial charge is 0.414 e. The number of cyclic esters (lactones) is 1. The molecule has 1 fully saturated rings. The number of hydrogen-bond acceptors (Lipinski definition) is 3. The van der Waals surface area contributed by atoms with Crippen molar-refractivity contribution in [2.75, 3.05) is 18.0 Å². The fourth-order valence-corrected chi connectivity index (χ4v) is 2.57. The first-order chi connectivity index (χ1) is 11.1. The zero-order valence-corrected chi connectivity index (χ0v) is 13.0. The number of nitrogens with zero attached hydrogens (tertiary/aromatic N) is 1. The third-order valence-corrected chi connectivity index (χ3v) is 3.76. The predicted molar refractivity (Wildman–Crippen MR) is 87.8 cm³/mol. The summed E-state index contributed by atoms with van der Waals surface area (Å²) in [4.78, 5) is 25.5. The lowest BCUT2D eigenvalue weighted by Crippen LogP contribution is -2.34. The van der Waals surface area contributed by atoms with Crippen molar-refractivity contribution in [1.82, 2.24) is 5.32 Å². The van der Waals surface area contributed by atoms with Gasteiger partial charge in [0.05, 0.1) is 13.1 Å². The zero-order valence-electron chi connectivity index (χ0n) is 12.2. The molecule has 0 radical (unpaired) electrons. The Morgan fingerprint density at radius 2 is 2.00 bits per heavy atom. The van der Waals surface area contributed by atoms with E-state index in [9.17, 15) is 9.59 Å². The lowest BCUT2D eigenvalue weighted by atomic mass is 10.2. The minimum atomic E-state index is -0.439. The topological polar surface area (TPSA) is 58.6 Å². The largest absolute Gasteiger partial charge is 0.442 e. The molecule has 6 heteroatoms. The Morgan fingerprint density at radius 1 is 1.22 bits per heavy atom. The summed E-state index contributed by atoms with van der Waals surface area (Å²) in [6.07, 6.45) is -0.833. The van der Waals surface area contributed by atoms with Gasteiger partial charge in [0, 0.05) is 16.3 Å². The van der Waals surface area contributed by atoms with Crippen LogP contribution in [-0.4, -0.2) is 31.2 Å². The third kappa shape index (κ3) is 3.63. The molecule has 1 atom stereocenters. The van der Waals surface area contributed by atoms with Gasteiger partial charge in [-0.2, -0.15) is 0 Å². The summed E-state index contributed by atoms with van der Waals surface area (Å²) in [5, 5.41) is 3.33. The van der Waals surface area contributed by atoms with Crippen LogP contribution in [0.1, 0.15) is 10.4 Å². The van der Waals surface area contributed by atoms with Gasteiger partial charge >= 0.3 is 6.09 Å². The first kappa shape index (κ1) is 15.4. The lowest BCUT2D eigenvalue weighted by molar-refractivity contribution is 0.0916. The van der Waals surface area contributed by atoms with Gasteiger partial charge in [0.15, 0.2) is 0 Å². The molecule has 0 spiro atoms. The number of amides is 2. The van der Waals surface area contributed by atoms with Crippen LogP contribution in [0.4, 0.5) is 10.5 Å². The molecular weight excluding hydrogens is 316 g/mol. The summed E-state index contributed by atoms with van der Waals surface area (Å²) in [6, 6.07) is 15.9. The van der Waals surface area contributed by atoms with Crippen LogP contribution in [0.15, 0.2) is 54.6 Å². The average molecular weight is 331 g/mol. The summed E-state index contributed by atoms with van der Waals surface area (Å²) in [5.74, 6) is -0.192. The van der Waals surface area contributed by atoms with E-state index in [1.807, 2.05) is 6.07 Å².